The second-order valence-electron chi connectivity index (χ2n) is 4.28. The highest BCUT2D eigenvalue weighted by Crippen LogP contribution is 2.44. The van der Waals surface area contributed by atoms with E-state index in [1.54, 1.807) is 0 Å². The van der Waals surface area contributed by atoms with E-state index in [2.05, 4.69) is 25.9 Å². The summed E-state index contributed by atoms with van der Waals surface area (Å²) in [4.78, 5) is 8.97. The first-order valence-electron chi connectivity index (χ1n) is 5.68. The molecule has 3 nitrogen and oxygen atoms in total. The molecule has 1 atom stereocenters. The Kier molecular flexibility index (Phi) is 3.62. The summed E-state index contributed by atoms with van der Waals surface area (Å²) in [7, 11) is 0. The summed E-state index contributed by atoms with van der Waals surface area (Å²) in [6, 6.07) is 0. The Morgan fingerprint density at radius 2 is 2.18 bits per heavy atom. The molecule has 1 aromatic heterocycles. The fraction of sp³-hybridized carbons (Fsp3) is 0.636. The van der Waals surface area contributed by atoms with Crippen LogP contribution >= 0.6 is 39.3 Å². The maximum Gasteiger partial charge on any atom is 0.160 e. The van der Waals surface area contributed by atoms with E-state index in [4.69, 9.17) is 16.3 Å². The van der Waals surface area contributed by atoms with Crippen LogP contribution in [0.15, 0.2) is 4.47 Å². The third-order valence-electron chi connectivity index (χ3n) is 2.92. The van der Waals surface area contributed by atoms with Gasteiger partial charge in [-0.2, -0.15) is 11.8 Å². The van der Waals surface area contributed by atoms with Gasteiger partial charge in [-0.3, -0.25) is 0 Å². The van der Waals surface area contributed by atoms with Gasteiger partial charge >= 0.3 is 0 Å². The number of rotatable bonds is 2. The molecule has 0 aromatic carbocycles. The van der Waals surface area contributed by atoms with Crippen molar-refractivity contribution >= 4 is 39.3 Å². The lowest BCUT2D eigenvalue weighted by molar-refractivity contribution is 0.0692. The zero-order valence-corrected chi connectivity index (χ0v) is 12.3. The van der Waals surface area contributed by atoms with Crippen LogP contribution in [0.5, 0.6) is 0 Å². The second-order valence-corrected chi connectivity index (χ2v) is 6.58. The van der Waals surface area contributed by atoms with Gasteiger partial charge in [0, 0.05) is 17.4 Å². The Hall–Kier alpha value is 0.160. The quantitative estimate of drug-likeness (QED) is 0.774. The van der Waals surface area contributed by atoms with Crippen LogP contribution in [0.1, 0.15) is 36.4 Å². The van der Waals surface area contributed by atoms with Crippen molar-refractivity contribution in [2.24, 2.45) is 0 Å². The van der Waals surface area contributed by atoms with Gasteiger partial charge < -0.3 is 4.74 Å². The van der Waals surface area contributed by atoms with Crippen LogP contribution in [0.25, 0.3) is 0 Å². The molecular weight excluding hydrogens is 324 g/mol. The number of hydrogen-bond donors (Lipinski definition) is 0. The van der Waals surface area contributed by atoms with Gasteiger partial charge in [0.05, 0.1) is 16.8 Å². The van der Waals surface area contributed by atoms with E-state index >= 15 is 0 Å². The number of halogens is 2. The summed E-state index contributed by atoms with van der Waals surface area (Å²) in [5, 5.41) is 0.510. The molecule has 1 aromatic rings. The molecule has 2 heterocycles. The van der Waals surface area contributed by atoms with Gasteiger partial charge in [0.1, 0.15) is 11.3 Å². The minimum atomic E-state index is -0.00292. The molecule has 2 fully saturated rings. The molecule has 92 valence electrons. The summed E-state index contributed by atoms with van der Waals surface area (Å²) < 4.78 is 6.55. The molecule has 0 bridgehead atoms. The highest BCUT2D eigenvalue weighted by Gasteiger charge is 2.30. The SMILES string of the molecule is Clc1nc(C2CSCCO2)nc(C2CC2)c1Br. The summed E-state index contributed by atoms with van der Waals surface area (Å²) in [6.07, 6.45) is 2.40. The molecule has 0 amide bonds. The van der Waals surface area contributed by atoms with Gasteiger partial charge in [-0.15, -0.1) is 0 Å². The normalized spacial score (nSPS) is 24.9. The summed E-state index contributed by atoms with van der Waals surface area (Å²) >= 11 is 11.5. The van der Waals surface area contributed by atoms with Crippen LogP contribution in [0, 0.1) is 0 Å². The number of ether oxygens (including phenoxy) is 1. The van der Waals surface area contributed by atoms with Crippen LogP contribution in [-0.4, -0.2) is 28.1 Å². The first-order chi connectivity index (χ1) is 8.25. The summed E-state index contributed by atoms with van der Waals surface area (Å²) in [5.74, 6) is 3.27. The molecule has 2 aliphatic rings. The predicted molar refractivity (Wildman–Crippen MR) is 72.7 cm³/mol. The lowest BCUT2D eigenvalue weighted by Crippen LogP contribution is -2.19. The number of aromatic nitrogens is 2. The topological polar surface area (TPSA) is 35.0 Å². The Morgan fingerprint density at radius 1 is 1.35 bits per heavy atom. The van der Waals surface area contributed by atoms with E-state index < -0.39 is 0 Å². The summed E-state index contributed by atoms with van der Waals surface area (Å²) in [6.45, 7) is 0.769. The Bertz CT molecular complexity index is 436. The molecule has 17 heavy (non-hydrogen) atoms. The van der Waals surface area contributed by atoms with Crippen molar-refractivity contribution in [3.8, 4) is 0 Å². The average Bonchev–Trinajstić information content (AvgIpc) is 3.18. The lowest BCUT2D eigenvalue weighted by Gasteiger charge is -2.21. The fourth-order valence-electron chi connectivity index (χ4n) is 1.86. The minimum absolute atomic E-state index is 0.00292. The van der Waals surface area contributed by atoms with Crippen molar-refractivity contribution in [1.82, 2.24) is 9.97 Å². The Balaban J connectivity index is 1.93. The van der Waals surface area contributed by atoms with Crippen molar-refractivity contribution in [2.45, 2.75) is 24.9 Å². The largest absolute Gasteiger partial charge is 0.368 e. The molecule has 0 N–H and O–H groups in total. The lowest BCUT2D eigenvalue weighted by atomic mass is 10.2. The molecule has 1 unspecified atom stereocenters. The molecular formula is C11H12BrClN2OS. The molecule has 6 heteroatoms. The van der Waals surface area contributed by atoms with Gasteiger partial charge in [0.2, 0.25) is 0 Å². The number of hydrogen-bond acceptors (Lipinski definition) is 4. The fourth-order valence-corrected chi connectivity index (χ4v) is 3.39. The third-order valence-corrected chi connectivity index (χ3v) is 5.20. The van der Waals surface area contributed by atoms with Crippen molar-refractivity contribution < 1.29 is 4.74 Å². The van der Waals surface area contributed by atoms with E-state index in [0.29, 0.717) is 11.1 Å². The van der Waals surface area contributed by atoms with E-state index in [-0.39, 0.29) is 6.10 Å². The standard InChI is InChI=1S/C11H12BrClN2OS/c12-8-9(6-1-2-6)14-11(15-10(8)13)7-5-17-4-3-16-7/h6-7H,1-5H2. The molecule has 1 aliphatic heterocycles. The molecule has 1 saturated carbocycles. The molecule has 1 aliphatic carbocycles. The summed E-state index contributed by atoms with van der Waals surface area (Å²) in [5.41, 5.74) is 1.05. The predicted octanol–water partition coefficient (Wildman–Crippen LogP) is 3.57. The van der Waals surface area contributed by atoms with Crippen molar-refractivity contribution in [3.63, 3.8) is 0 Å². The van der Waals surface area contributed by atoms with E-state index in [1.807, 2.05) is 11.8 Å². The zero-order chi connectivity index (χ0) is 11.8. The van der Waals surface area contributed by atoms with Gasteiger partial charge in [-0.05, 0) is 28.8 Å². The van der Waals surface area contributed by atoms with Gasteiger partial charge in [0.25, 0.3) is 0 Å². The molecule has 0 spiro atoms. The maximum absolute atomic E-state index is 6.15. The van der Waals surface area contributed by atoms with Crippen LogP contribution in [0.2, 0.25) is 5.15 Å². The Morgan fingerprint density at radius 3 is 2.82 bits per heavy atom. The molecule has 1 saturated heterocycles. The number of thioether (sulfide) groups is 1. The van der Waals surface area contributed by atoms with E-state index in [0.717, 1.165) is 34.1 Å². The van der Waals surface area contributed by atoms with Crippen LogP contribution < -0.4 is 0 Å². The van der Waals surface area contributed by atoms with E-state index in [9.17, 15) is 0 Å². The Labute approximate surface area is 118 Å². The third kappa shape index (κ3) is 2.62. The minimum Gasteiger partial charge on any atom is -0.368 e. The van der Waals surface area contributed by atoms with Crippen molar-refractivity contribution in [2.75, 3.05) is 18.1 Å². The zero-order valence-electron chi connectivity index (χ0n) is 9.16. The van der Waals surface area contributed by atoms with Crippen molar-refractivity contribution in [3.05, 3.63) is 21.1 Å². The smallest absolute Gasteiger partial charge is 0.160 e. The first kappa shape index (κ1) is 12.2. The van der Waals surface area contributed by atoms with Crippen molar-refractivity contribution in [1.29, 1.82) is 0 Å². The van der Waals surface area contributed by atoms with Crippen LogP contribution in [0.3, 0.4) is 0 Å². The second kappa shape index (κ2) is 5.03. The van der Waals surface area contributed by atoms with E-state index in [1.165, 1.54) is 12.8 Å². The molecule has 0 radical (unpaired) electrons. The monoisotopic (exact) mass is 334 g/mol. The first-order valence-corrected chi connectivity index (χ1v) is 8.00. The molecule has 3 rings (SSSR count). The maximum atomic E-state index is 6.15. The average molecular weight is 336 g/mol. The van der Waals surface area contributed by atoms with Gasteiger partial charge in [-0.25, -0.2) is 9.97 Å². The van der Waals surface area contributed by atoms with Crippen LogP contribution in [-0.2, 0) is 4.74 Å². The van der Waals surface area contributed by atoms with Gasteiger partial charge in [0.15, 0.2) is 5.82 Å². The highest BCUT2D eigenvalue weighted by atomic mass is 79.9. The van der Waals surface area contributed by atoms with Gasteiger partial charge in [-0.1, -0.05) is 11.6 Å². The number of nitrogens with zero attached hydrogens (tertiary/aromatic N) is 2. The highest BCUT2D eigenvalue weighted by molar-refractivity contribution is 9.10. The van der Waals surface area contributed by atoms with Crippen LogP contribution in [0.4, 0.5) is 0 Å².